The van der Waals surface area contributed by atoms with Crippen molar-refractivity contribution in [3.8, 4) is 11.1 Å². The van der Waals surface area contributed by atoms with Gasteiger partial charge < -0.3 is 21.7 Å². The van der Waals surface area contributed by atoms with Crippen molar-refractivity contribution in [3.63, 3.8) is 0 Å². The normalized spacial score (nSPS) is 10.6. The van der Waals surface area contributed by atoms with Crippen LogP contribution in [0.5, 0.6) is 0 Å². The first-order valence-corrected chi connectivity index (χ1v) is 9.55. The van der Waals surface area contributed by atoms with E-state index < -0.39 is 0 Å². The number of amides is 3. The van der Waals surface area contributed by atoms with Crippen LogP contribution in [0.25, 0.3) is 16.8 Å². The first-order valence-electron chi connectivity index (χ1n) is 9.55. The van der Waals surface area contributed by atoms with Crippen LogP contribution in [-0.2, 0) is 0 Å². The minimum atomic E-state index is -0.334. The number of nitrogens with one attached hydrogen (secondary N) is 3. The number of aryl methyl sites for hydroxylation is 1. The minimum absolute atomic E-state index is 0.283. The van der Waals surface area contributed by atoms with Crippen molar-refractivity contribution in [1.82, 2.24) is 19.9 Å². The Labute approximate surface area is 178 Å². The number of anilines is 3. The van der Waals surface area contributed by atoms with E-state index in [1.165, 1.54) is 10.7 Å². The topological polar surface area (TPSA) is 126 Å². The maximum atomic E-state index is 12.2. The summed E-state index contributed by atoms with van der Waals surface area (Å²) in [7, 11) is 1.54. The summed E-state index contributed by atoms with van der Waals surface area (Å²) < 4.78 is 1.43. The van der Waals surface area contributed by atoms with E-state index in [4.69, 9.17) is 5.73 Å². The predicted octanol–water partition coefficient (Wildman–Crippen LogP) is 3.29. The van der Waals surface area contributed by atoms with Gasteiger partial charge in [0.05, 0.1) is 6.20 Å². The summed E-state index contributed by atoms with van der Waals surface area (Å²) in [6.07, 6.45) is 3.03. The highest BCUT2D eigenvalue weighted by atomic mass is 16.2. The molecule has 0 unspecified atom stereocenters. The predicted molar refractivity (Wildman–Crippen MR) is 120 cm³/mol. The molecule has 0 atom stereocenters. The van der Waals surface area contributed by atoms with Gasteiger partial charge in [0.25, 0.3) is 5.91 Å². The number of carbonyl (C=O) groups is 2. The molecular formula is C22H21N7O2. The van der Waals surface area contributed by atoms with Crippen LogP contribution in [0.15, 0.2) is 60.9 Å². The summed E-state index contributed by atoms with van der Waals surface area (Å²) in [5.41, 5.74) is 10.9. The highest BCUT2D eigenvalue weighted by Gasteiger charge is 2.16. The van der Waals surface area contributed by atoms with E-state index in [1.54, 1.807) is 25.4 Å². The first-order chi connectivity index (χ1) is 15.0. The van der Waals surface area contributed by atoms with E-state index in [9.17, 15) is 9.59 Å². The van der Waals surface area contributed by atoms with E-state index in [0.29, 0.717) is 28.3 Å². The van der Waals surface area contributed by atoms with E-state index in [0.717, 1.165) is 16.8 Å². The second-order valence-corrected chi connectivity index (χ2v) is 6.96. The standard InChI is InChI=1S/C22H21N7O2/c1-13-4-3-5-16(10-13)28-22(31)27-15-8-6-14(7-9-15)17-11-25-20-18(21(30)24-2)12-26-29(20)19(17)23/h3-12H,23H2,1-2H3,(H,24,30)(H2,27,28,31). The van der Waals surface area contributed by atoms with E-state index in [-0.39, 0.29) is 11.9 Å². The third-order valence-electron chi connectivity index (χ3n) is 4.77. The molecule has 0 bridgehead atoms. The molecule has 0 aliphatic carbocycles. The molecular weight excluding hydrogens is 394 g/mol. The van der Waals surface area contributed by atoms with Crippen molar-refractivity contribution in [2.24, 2.45) is 0 Å². The average molecular weight is 415 g/mol. The number of nitrogen functional groups attached to an aromatic ring is 1. The Morgan fingerprint density at radius 1 is 1.00 bits per heavy atom. The van der Waals surface area contributed by atoms with Gasteiger partial charge in [0.15, 0.2) is 5.65 Å². The molecule has 0 fully saturated rings. The van der Waals surface area contributed by atoms with Gasteiger partial charge in [0.2, 0.25) is 0 Å². The van der Waals surface area contributed by atoms with Crippen LogP contribution in [0.1, 0.15) is 15.9 Å². The molecule has 31 heavy (non-hydrogen) atoms. The molecule has 0 spiro atoms. The number of hydrogen-bond acceptors (Lipinski definition) is 5. The molecule has 4 rings (SSSR count). The quantitative estimate of drug-likeness (QED) is 0.407. The van der Waals surface area contributed by atoms with Crippen LogP contribution >= 0.6 is 0 Å². The Kier molecular flexibility index (Phi) is 5.23. The molecule has 9 nitrogen and oxygen atoms in total. The zero-order valence-electron chi connectivity index (χ0n) is 17.0. The van der Waals surface area contributed by atoms with Crippen LogP contribution in [-0.4, -0.2) is 33.6 Å². The summed E-state index contributed by atoms with van der Waals surface area (Å²) in [5, 5.41) is 12.3. The van der Waals surface area contributed by atoms with Crippen LogP contribution in [0.2, 0.25) is 0 Å². The average Bonchev–Trinajstić information content (AvgIpc) is 3.19. The lowest BCUT2D eigenvalue weighted by Gasteiger charge is -2.10. The number of nitrogens with zero attached hydrogens (tertiary/aromatic N) is 3. The van der Waals surface area contributed by atoms with Gasteiger partial charge in [-0.1, -0.05) is 24.3 Å². The molecule has 9 heteroatoms. The van der Waals surface area contributed by atoms with Crippen molar-refractivity contribution in [1.29, 1.82) is 0 Å². The Morgan fingerprint density at radius 2 is 1.74 bits per heavy atom. The van der Waals surface area contributed by atoms with Gasteiger partial charge >= 0.3 is 6.03 Å². The van der Waals surface area contributed by atoms with E-state index in [2.05, 4.69) is 26.0 Å². The largest absolute Gasteiger partial charge is 0.383 e. The molecule has 3 amide bonds. The highest BCUT2D eigenvalue weighted by Crippen LogP contribution is 2.27. The van der Waals surface area contributed by atoms with Gasteiger partial charge in [-0.2, -0.15) is 9.61 Å². The molecule has 2 aromatic heterocycles. The number of rotatable bonds is 4. The molecule has 0 radical (unpaired) electrons. The smallest absolute Gasteiger partial charge is 0.323 e. The fraction of sp³-hybridized carbons (Fsp3) is 0.0909. The molecule has 5 N–H and O–H groups in total. The molecule has 0 aliphatic heterocycles. The lowest BCUT2D eigenvalue weighted by atomic mass is 10.1. The third-order valence-corrected chi connectivity index (χ3v) is 4.77. The Bertz CT molecular complexity index is 1280. The molecule has 2 aromatic carbocycles. The second kappa shape index (κ2) is 8.15. The Morgan fingerprint density at radius 3 is 2.45 bits per heavy atom. The maximum absolute atomic E-state index is 12.2. The van der Waals surface area contributed by atoms with E-state index >= 15 is 0 Å². The molecule has 156 valence electrons. The van der Waals surface area contributed by atoms with Gasteiger partial charge in [-0.25, -0.2) is 9.78 Å². The summed E-state index contributed by atoms with van der Waals surface area (Å²) in [6, 6.07) is 14.4. The van der Waals surface area contributed by atoms with Gasteiger partial charge in [0, 0.05) is 30.2 Å². The second-order valence-electron chi connectivity index (χ2n) is 6.96. The van der Waals surface area contributed by atoms with Crippen molar-refractivity contribution >= 4 is 34.8 Å². The lowest BCUT2D eigenvalue weighted by molar-refractivity contribution is 0.0964. The van der Waals surface area contributed by atoms with Crippen molar-refractivity contribution in [2.75, 3.05) is 23.4 Å². The van der Waals surface area contributed by atoms with Crippen molar-refractivity contribution in [3.05, 3.63) is 72.1 Å². The minimum Gasteiger partial charge on any atom is -0.383 e. The zero-order valence-corrected chi connectivity index (χ0v) is 17.0. The Balaban J connectivity index is 1.52. The van der Waals surface area contributed by atoms with Gasteiger partial charge in [0.1, 0.15) is 11.4 Å². The number of benzene rings is 2. The number of urea groups is 1. The fourth-order valence-corrected chi connectivity index (χ4v) is 3.22. The third kappa shape index (κ3) is 4.01. The molecule has 0 saturated heterocycles. The molecule has 0 aliphatic rings. The molecule has 0 saturated carbocycles. The number of hydrogen-bond donors (Lipinski definition) is 4. The number of carbonyl (C=O) groups excluding carboxylic acids is 2. The van der Waals surface area contributed by atoms with E-state index in [1.807, 2.05) is 43.3 Å². The van der Waals surface area contributed by atoms with Gasteiger partial charge in [-0.3, -0.25) is 4.79 Å². The van der Waals surface area contributed by atoms with Crippen LogP contribution in [0, 0.1) is 6.92 Å². The summed E-state index contributed by atoms with van der Waals surface area (Å²) in [6.45, 7) is 1.96. The summed E-state index contributed by atoms with van der Waals surface area (Å²) >= 11 is 0. The van der Waals surface area contributed by atoms with Gasteiger partial charge in [-0.05, 0) is 42.3 Å². The van der Waals surface area contributed by atoms with Crippen LogP contribution < -0.4 is 21.7 Å². The van der Waals surface area contributed by atoms with Crippen molar-refractivity contribution in [2.45, 2.75) is 6.92 Å². The zero-order chi connectivity index (χ0) is 22.0. The van der Waals surface area contributed by atoms with Crippen LogP contribution in [0.4, 0.5) is 22.0 Å². The monoisotopic (exact) mass is 415 g/mol. The number of aromatic nitrogens is 3. The SMILES string of the molecule is CNC(=O)c1cnn2c(N)c(-c3ccc(NC(=O)Nc4cccc(C)c4)cc3)cnc12. The molecule has 2 heterocycles. The summed E-state index contributed by atoms with van der Waals surface area (Å²) in [5.74, 6) is 0.0760. The van der Waals surface area contributed by atoms with Gasteiger partial charge in [-0.15, -0.1) is 0 Å². The van der Waals surface area contributed by atoms with Crippen molar-refractivity contribution < 1.29 is 9.59 Å². The highest BCUT2D eigenvalue weighted by molar-refractivity contribution is 6.00. The summed E-state index contributed by atoms with van der Waals surface area (Å²) in [4.78, 5) is 28.5. The number of fused-ring (bicyclic) bond motifs is 1. The number of nitrogens with two attached hydrogens (primary N) is 1. The van der Waals surface area contributed by atoms with Crippen LogP contribution in [0.3, 0.4) is 0 Å². The fourth-order valence-electron chi connectivity index (χ4n) is 3.22. The Hall–Kier alpha value is -4.40. The maximum Gasteiger partial charge on any atom is 0.323 e. The first kappa shape index (κ1) is 19.9. The lowest BCUT2D eigenvalue weighted by Crippen LogP contribution is -2.19. The molecule has 4 aromatic rings.